The van der Waals surface area contributed by atoms with Gasteiger partial charge in [-0.25, -0.2) is 0 Å². The molecule has 0 aromatic carbocycles. The van der Waals surface area contributed by atoms with Crippen LogP contribution in [0.25, 0.3) is 0 Å². The van der Waals surface area contributed by atoms with Gasteiger partial charge in [-0.3, -0.25) is 4.79 Å². The highest BCUT2D eigenvalue weighted by atomic mass is 16.6. The Kier molecular flexibility index (Phi) is 3.89. The second kappa shape index (κ2) is 4.58. The Morgan fingerprint density at radius 2 is 2.00 bits per heavy atom. The van der Waals surface area contributed by atoms with Gasteiger partial charge in [0.05, 0.1) is 6.10 Å². The van der Waals surface area contributed by atoms with Crippen LogP contribution in [0, 0.1) is 5.41 Å². The van der Waals surface area contributed by atoms with Crippen molar-refractivity contribution in [2.45, 2.75) is 71.8 Å². The van der Waals surface area contributed by atoms with Gasteiger partial charge in [-0.15, -0.1) is 0 Å². The van der Waals surface area contributed by atoms with Gasteiger partial charge >= 0.3 is 5.97 Å². The molecule has 0 radical (unpaired) electrons. The van der Waals surface area contributed by atoms with Gasteiger partial charge in [-0.05, 0) is 34.1 Å². The molecule has 0 aromatic heterocycles. The van der Waals surface area contributed by atoms with Crippen molar-refractivity contribution >= 4 is 5.97 Å². The number of aliphatic hydroxyl groups is 1. The molecule has 1 aliphatic rings. The first-order chi connectivity index (χ1) is 7.54. The lowest BCUT2D eigenvalue weighted by atomic mass is 9.64. The zero-order valence-corrected chi connectivity index (χ0v) is 11.7. The van der Waals surface area contributed by atoms with E-state index in [1.54, 1.807) is 6.92 Å². The monoisotopic (exact) mass is 243 g/mol. The molecular formula is C13H25NO3. The third-order valence-electron chi connectivity index (χ3n) is 3.43. The number of esters is 1. The quantitative estimate of drug-likeness (QED) is 0.737. The van der Waals surface area contributed by atoms with Gasteiger partial charge in [-0.1, -0.05) is 13.8 Å². The lowest BCUT2D eigenvalue weighted by Crippen LogP contribution is -2.62. The van der Waals surface area contributed by atoms with Gasteiger partial charge in [0.25, 0.3) is 0 Å². The molecule has 0 saturated heterocycles. The van der Waals surface area contributed by atoms with Crippen molar-refractivity contribution in [3.8, 4) is 0 Å². The summed E-state index contributed by atoms with van der Waals surface area (Å²) in [5, 5.41) is 12.9. The average Bonchev–Trinajstić information content (AvgIpc) is 2.14. The highest BCUT2D eigenvalue weighted by Gasteiger charge is 2.48. The van der Waals surface area contributed by atoms with Crippen LogP contribution in [0.4, 0.5) is 0 Å². The summed E-state index contributed by atoms with van der Waals surface area (Å²) in [5.74, 6) is -0.241. The van der Waals surface area contributed by atoms with Crippen molar-refractivity contribution < 1.29 is 14.6 Å². The summed E-state index contributed by atoms with van der Waals surface area (Å²) in [7, 11) is 0. The minimum atomic E-state index is -0.457. The van der Waals surface area contributed by atoms with E-state index in [0.717, 1.165) is 0 Å². The number of rotatable bonds is 3. The molecule has 4 heteroatoms. The Bertz CT molecular complexity index is 294. The molecule has 1 aliphatic carbocycles. The van der Waals surface area contributed by atoms with E-state index in [4.69, 9.17) is 4.74 Å². The van der Waals surface area contributed by atoms with E-state index >= 15 is 0 Å². The molecule has 4 nitrogen and oxygen atoms in total. The SMILES string of the molecule is CC(NC1CC(O)C1(C)C)C(=O)OC(C)(C)C. The predicted octanol–water partition coefficient (Wildman–Crippen LogP) is 1.47. The summed E-state index contributed by atoms with van der Waals surface area (Å²) >= 11 is 0. The zero-order chi connectivity index (χ0) is 13.4. The first kappa shape index (κ1) is 14.5. The van der Waals surface area contributed by atoms with Crippen molar-refractivity contribution in [3.63, 3.8) is 0 Å². The Balaban J connectivity index is 2.45. The van der Waals surface area contributed by atoms with Gasteiger partial charge in [0.15, 0.2) is 0 Å². The van der Waals surface area contributed by atoms with Gasteiger partial charge in [0.1, 0.15) is 11.6 Å². The van der Waals surface area contributed by atoms with E-state index in [0.29, 0.717) is 6.42 Å². The fourth-order valence-electron chi connectivity index (χ4n) is 1.95. The molecule has 1 rings (SSSR count). The third kappa shape index (κ3) is 3.42. The van der Waals surface area contributed by atoms with Gasteiger partial charge in [0, 0.05) is 11.5 Å². The Hall–Kier alpha value is -0.610. The normalized spacial score (nSPS) is 29.4. The fraction of sp³-hybridized carbons (Fsp3) is 0.923. The van der Waals surface area contributed by atoms with Crippen molar-refractivity contribution in [2.75, 3.05) is 0 Å². The Labute approximate surface area is 104 Å². The second-order valence-electron chi connectivity index (χ2n) is 6.55. The van der Waals surface area contributed by atoms with E-state index in [2.05, 4.69) is 5.32 Å². The standard InChI is InChI=1S/C13H25NO3/c1-8(11(16)17-12(2,3)4)14-9-7-10(15)13(9,5)6/h8-10,14-15H,7H2,1-6H3. The molecule has 0 amide bonds. The van der Waals surface area contributed by atoms with Crippen LogP contribution in [0.3, 0.4) is 0 Å². The van der Waals surface area contributed by atoms with Crippen molar-refractivity contribution in [1.29, 1.82) is 0 Å². The smallest absolute Gasteiger partial charge is 0.323 e. The third-order valence-corrected chi connectivity index (χ3v) is 3.43. The second-order valence-corrected chi connectivity index (χ2v) is 6.55. The van der Waals surface area contributed by atoms with E-state index in [1.807, 2.05) is 34.6 Å². The highest BCUT2D eigenvalue weighted by Crippen LogP contribution is 2.40. The summed E-state index contributed by atoms with van der Waals surface area (Å²) in [4.78, 5) is 11.8. The van der Waals surface area contributed by atoms with Crippen LogP contribution in [-0.4, -0.2) is 34.9 Å². The molecule has 3 unspecified atom stereocenters. The number of hydrogen-bond acceptors (Lipinski definition) is 4. The van der Waals surface area contributed by atoms with Gasteiger partial charge in [0.2, 0.25) is 0 Å². The number of nitrogens with one attached hydrogen (secondary N) is 1. The van der Waals surface area contributed by atoms with Crippen molar-refractivity contribution in [1.82, 2.24) is 5.32 Å². The molecule has 1 fully saturated rings. The highest BCUT2D eigenvalue weighted by molar-refractivity contribution is 5.75. The fourth-order valence-corrected chi connectivity index (χ4v) is 1.95. The lowest BCUT2D eigenvalue weighted by molar-refractivity contribution is -0.159. The molecule has 2 N–H and O–H groups in total. The molecule has 0 bridgehead atoms. The van der Waals surface area contributed by atoms with Crippen LogP contribution in [0.1, 0.15) is 48.0 Å². The van der Waals surface area contributed by atoms with E-state index in [-0.39, 0.29) is 29.6 Å². The maximum Gasteiger partial charge on any atom is 0.323 e. The lowest BCUT2D eigenvalue weighted by Gasteiger charge is -2.50. The first-order valence-corrected chi connectivity index (χ1v) is 6.21. The van der Waals surface area contributed by atoms with Gasteiger partial charge < -0.3 is 15.2 Å². The van der Waals surface area contributed by atoms with Crippen molar-refractivity contribution in [2.24, 2.45) is 5.41 Å². The van der Waals surface area contributed by atoms with Crippen LogP contribution in [0.2, 0.25) is 0 Å². The molecule has 0 spiro atoms. The zero-order valence-electron chi connectivity index (χ0n) is 11.7. The van der Waals surface area contributed by atoms with E-state index in [1.165, 1.54) is 0 Å². The van der Waals surface area contributed by atoms with Crippen LogP contribution in [-0.2, 0) is 9.53 Å². The minimum absolute atomic E-state index is 0.167. The number of aliphatic hydroxyl groups excluding tert-OH is 1. The van der Waals surface area contributed by atoms with E-state index in [9.17, 15) is 9.90 Å². The molecule has 3 atom stereocenters. The maximum atomic E-state index is 11.8. The number of hydrogen-bond donors (Lipinski definition) is 2. The number of carbonyl (C=O) groups excluding carboxylic acids is 1. The molecule has 0 aromatic rings. The number of carbonyl (C=O) groups is 1. The summed E-state index contributed by atoms with van der Waals surface area (Å²) < 4.78 is 5.30. The molecule has 17 heavy (non-hydrogen) atoms. The van der Waals surface area contributed by atoms with Crippen LogP contribution in [0.5, 0.6) is 0 Å². The predicted molar refractivity (Wildman–Crippen MR) is 66.6 cm³/mol. The molecular weight excluding hydrogens is 218 g/mol. The molecule has 1 saturated carbocycles. The Morgan fingerprint density at radius 1 is 1.47 bits per heavy atom. The van der Waals surface area contributed by atoms with E-state index < -0.39 is 5.60 Å². The topological polar surface area (TPSA) is 58.6 Å². The Morgan fingerprint density at radius 3 is 2.35 bits per heavy atom. The van der Waals surface area contributed by atoms with Crippen LogP contribution >= 0.6 is 0 Å². The maximum absolute atomic E-state index is 11.8. The van der Waals surface area contributed by atoms with Gasteiger partial charge in [-0.2, -0.15) is 0 Å². The summed E-state index contributed by atoms with van der Waals surface area (Å²) in [6, 6.07) is -0.175. The van der Waals surface area contributed by atoms with Crippen molar-refractivity contribution in [3.05, 3.63) is 0 Å². The van der Waals surface area contributed by atoms with Crippen LogP contribution in [0.15, 0.2) is 0 Å². The number of ether oxygens (including phenoxy) is 1. The largest absolute Gasteiger partial charge is 0.459 e. The molecule has 100 valence electrons. The summed E-state index contributed by atoms with van der Waals surface area (Å²) in [5.41, 5.74) is -0.627. The first-order valence-electron chi connectivity index (χ1n) is 6.21. The molecule has 0 aliphatic heterocycles. The average molecular weight is 243 g/mol. The summed E-state index contributed by atoms with van der Waals surface area (Å²) in [6.45, 7) is 11.4. The minimum Gasteiger partial charge on any atom is -0.459 e. The summed E-state index contributed by atoms with van der Waals surface area (Å²) in [6.07, 6.45) is 0.408. The molecule has 0 heterocycles. The van der Waals surface area contributed by atoms with Crippen LogP contribution < -0.4 is 5.32 Å².